The summed E-state index contributed by atoms with van der Waals surface area (Å²) in [4.78, 5) is 2.89. The van der Waals surface area contributed by atoms with E-state index in [1.165, 1.54) is 0 Å². The molecular formula is C30H6BF22N. The van der Waals surface area contributed by atoms with Crippen LogP contribution in [0.25, 0.3) is 0 Å². The largest absolute Gasteiger partial charge is 0.422 e. The molecule has 0 unspecified atom stereocenters. The molecule has 0 atom stereocenters. The highest BCUT2D eigenvalue weighted by Crippen LogP contribution is 2.37. The number of nitrogens with one attached hydrogen (secondary N) is 1. The summed E-state index contributed by atoms with van der Waals surface area (Å²) >= 11 is 0. The van der Waals surface area contributed by atoms with Crippen molar-refractivity contribution in [3.8, 4) is 0 Å². The summed E-state index contributed by atoms with van der Waals surface area (Å²) in [6.45, 7) is 0. The first-order chi connectivity index (χ1) is 24.9. The summed E-state index contributed by atoms with van der Waals surface area (Å²) in [5.74, 6) is -71.3. The standard InChI is InChI=1S/C25BF22.C5H5N/c27-6-1(25(46,47)48)7(28)9(30)2(8(6)29)26(3-10(31)16(37)22(43)17(38)11(3)32,4-12(33)18(39)23(44)19(40)13(4)34)5-14(35)20(41)24(45)21(42)15(5)36;1-2-4-6-5-3-1/h;1-5H/q-1;/p+1. The molecule has 1 heterocycles. The van der Waals surface area contributed by atoms with Gasteiger partial charge in [0.05, 0.1) is 0 Å². The molecule has 0 bridgehead atoms. The fourth-order valence-corrected chi connectivity index (χ4v) is 5.49. The van der Waals surface area contributed by atoms with Crippen LogP contribution < -0.4 is 26.8 Å². The molecule has 0 saturated heterocycles. The Morgan fingerprint density at radius 2 is 0.500 bits per heavy atom. The van der Waals surface area contributed by atoms with E-state index < -0.39 is 150 Å². The summed E-state index contributed by atoms with van der Waals surface area (Å²) in [5.41, 5.74) is -18.8. The maximum Gasteiger partial charge on any atom is 0.422 e. The van der Waals surface area contributed by atoms with E-state index in [1.54, 1.807) is 0 Å². The predicted octanol–water partition coefficient (Wildman–Crippen LogP) is 7.23. The van der Waals surface area contributed by atoms with Gasteiger partial charge in [0.2, 0.25) is 0 Å². The van der Waals surface area contributed by atoms with E-state index in [-0.39, 0.29) is 0 Å². The van der Waals surface area contributed by atoms with Gasteiger partial charge in [0.1, 0.15) is 58.2 Å². The zero-order valence-corrected chi connectivity index (χ0v) is 24.8. The number of H-pyrrole nitrogens is 1. The van der Waals surface area contributed by atoms with Crippen LogP contribution >= 0.6 is 0 Å². The number of alkyl halides is 3. The van der Waals surface area contributed by atoms with Crippen molar-refractivity contribution in [3.05, 3.63) is 147 Å². The van der Waals surface area contributed by atoms with Gasteiger partial charge in [-0.3, -0.25) is 0 Å². The number of hydrogen-bond donors (Lipinski definition) is 0. The Bertz CT molecular complexity index is 2010. The maximum absolute atomic E-state index is 15.6. The molecule has 288 valence electrons. The Balaban J connectivity index is 0.000000983. The van der Waals surface area contributed by atoms with Gasteiger partial charge < -0.3 is 0 Å². The average Bonchev–Trinajstić information content (AvgIpc) is 3.12. The first-order valence-electron chi connectivity index (χ1n) is 13.5. The average molecular weight is 809 g/mol. The molecule has 1 nitrogen and oxygen atoms in total. The molecule has 0 saturated carbocycles. The molecule has 1 aromatic heterocycles. The van der Waals surface area contributed by atoms with Crippen molar-refractivity contribution in [2.45, 2.75) is 6.18 Å². The second kappa shape index (κ2) is 14.4. The van der Waals surface area contributed by atoms with Gasteiger partial charge in [0.25, 0.3) is 0 Å². The van der Waals surface area contributed by atoms with Crippen LogP contribution in [0.2, 0.25) is 0 Å². The Morgan fingerprint density at radius 1 is 0.296 bits per heavy atom. The third-order valence-electron chi connectivity index (χ3n) is 7.65. The molecule has 0 aliphatic rings. The Labute approximate surface area is 283 Å². The number of rotatable bonds is 4. The highest BCUT2D eigenvalue weighted by molar-refractivity contribution is 7.20. The molecular weight excluding hydrogens is 803 g/mol. The molecule has 0 spiro atoms. The molecule has 24 heteroatoms. The van der Waals surface area contributed by atoms with Crippen LogP contribution in [0.4, 0.5) is 96.6 Å². The Morgan fingerprint density at radius 3 is 0.667 bits per heavy atom. The van der Waals surface area contributed by atoms with E-state index >= 15 is 35.1 Å². The molecule has 5 aromatic rings. The maximum atomic E-state index is 15.6. The number of hydrogen-bond acceptors (Lipinski definition) is 0. The van der Waals surface area contributed by atoms with Crippen molar-refractivity contribution in [2.75, 3.05) is 0 Å². The lowest BCUT2D eigenvalue weighted by Crippen LogP contribution is -2.81. The van der Waals surface area contributed by atoms with E-state index in [9.17, 15) is 61.5 Å². The first kappa shape index (κ1) is 41.3. The van der Waals surface area contributed by atoms with Crippen molar-refractivity contribution in [1.29, 1.82) is 0 Å². The molecule has 1 N–H and O–H groups in total. The monoisotopic (exact) mass is 809 g/mol. The van der Waals surface area contributed by atoms with E-state index in [1.807, 2.05) is 30.6 Å². The van der Waals surface area contributed by atoms with Gasteiger partial charge in [-0.1, -0.05) is 6.07 Å². The lowest BCUT2D eigenvalue weighted by molar-refractivity contribution is -0.377. The Kier molecular flexibility index (Phi) is 11.0. The summed E-state index contributed by atoms with van der Waals surface area (Å²) < 4.78 is 322. The van der Waals surface area contributed by atoms with E-state index in [4.69, 9.17) is 0 Å². The van der Waals surface area contributed by atoms with Crippen LogP contribution in [0.5, 0.6) is 0 Å². The van der Waals surface area contributed by atoms with Gasteiger partial charge in [0.15, 0.2) is 76.4 Å². The van der Waals surface area contributed by atoms with Gasteiger partial charge >= 0.3 is 6.18 Å². The number of pyridine rings is 1. The van der Waals surface area contributed by atoms with E-state index in [2.05, 4.69) is 4.98 Å². The molecule has 0 amide bonds. The van der Waals surface area contributed by atoms with Gasteiger partial charge in [0, 0.05) is 12.1 Å². The first-order valence-corrected chi connectivity index (χ1v) is 13.5. The molecule has 54 heavy (non-hydrogen) atoms. The fraction of sp³-hybridized carbons (Fsp3) is 0.0333. The highest BCUT2D eigenvalue weighted by atomic mass is 19.4. The van der Waals surface area contributed by atoms with E-state index in [0.29, 0.717) is 0 Å². The summed E-state index contributed by atoms with van der Waals surface area (Å²) in [6, 6.07) is 5.86. The smallest absolute Gasteiger partial charge is 0.218 e. The minimum Gasteiger partial charge on any atom is -0.218 e. The zero-order valence-electron chi connectivity index (χ0n) is 24.8. The zero-order chi connectivity index (χ0) is 41.1. The van der Waals surface area contributed by atoms with Crippen LogP contribution in [-0.4, -0.2) is 6.15 Å². The second-order valence-corrected chi connectivity index (χ2v) is 10.4. The SMILES string of the molecule is Fc1c(F)c(F)c([B-](c2c(F)c(F)c(F)c(F)c2F)(c2c(F)c(F)c(F)c(F)c2F)c2c(F)c(F)c(C(F)(F)F)c(F)c2F)c(F)c1F.c1cc[nH+]cc1. The lowest BCUT2D eigenvalue weighted by atomic mass is 9.12. The van der Waals surface area contributed by atoms with Crippen LogP contribution in [0.15, 0.2) is 30.6 Å². The van der Waals surface area contributed by atoms with Gasteiger partial charge in [-0.2, -0.15) is 13.2 Å². The molecule has 0 aliphatic heterocycles. The summed E-state index contributed by atoms with van der Waals surface area (Å²) in [7, 11) is 0. The van der Waals surface area contributed by atoms with Gasteiger partial charge in [-0.25, -0.2) is 88.4 Å². The van der Waals surface area contributed by atoms with Gasteiger partial charge in [-0.15, -0.1) is 21.9 Å². The third kappa shape index (κ3) is 6.03. The topological polar surface area (TPSA) is 14.1 Å². The van der Waals surface area contributed by atoms with Gasteiger partial charge in [-0.05, 0) is 0 Å². The molecule has 0 aliphatic carbocycles. The molecule has 5 rings (SSSR count). The van der Waals surface area contributed by atoms with Crippen molar-refractivity contribution in [2.24, 2.45) is 0 Å². The van der Waals surface area contributed by atoms with Crippen LogP contribution in [0, 0.1) is 111 Å². The normalized spacial score (nSPS) is 11.9. The van der Waals surface area contributed by atoms with Crippen LogP contribution in [0.3, 0.4) is 0 Å². The quantitative estimate of drug-likeness (QED) is 0.0789. The summed E-state index contributed by atoms with van der Waals surface area (Å²) in [6.07, 6.45) is -10.3. The van der Waals surface area contributed by atoms with Crippen molar-refractivity contribution >= 4 is 28.0 Å². The van der Waals surface area contributed by atoms with Crippen molar-refractivity contribution in [3.63, 3.8) is 0 Å². The highest BCUT2D eigenvalue weighted by Gasteiger charge is 2.53. The Hall–Kier alpha value is -5.45. The number of aromatic amines is 1. The fourth-order valence-electron chi connectivity index (χ4n) is 5.49. The number of benzene rings is 4. The second-order valence-electron chi connectivity index (χ2n) is 10.4. The predicted molar refractivity (Wildman–Crippen MR) is 137 cm³/mol. The summed E-state index contributed by atoms with van der Waals surface area (Å²) in [5, 5.41) is 0. The third-order valence-corrected chi connectivity index (χ3v) is 7.65. The lowest BCUT2D eigenvalue weighted by Gasteiger charge is -2.45. The minimum atomic E-state index is -7.46. The van der Waals surface area contributed by atoms with Crippen molar-refractivity contribution < 1.29 is 102 Å². The van der Waals surface area contributed by atoms with Crippen molar-refractivity contribution in [1.82, 2.24) is 0 Å². The van der Waals surface area contributed by atoms with Crippen LogP contribution in [-0.2, 0) is 6.18 Å². The number of halogens is 22. The molecule has 4 aromatic carbocycles. The molecule has 0 fully saturated rings. The van der Waals surface area contributed by atoms with E-state index in [0.717, 1.165) is 0 Å². The van der Waals surface area contributed by atoms with Crippen LogP contribution in [0.1, 0.15) is 5.56 Å². The number of aromatic nitrogens is 1. The molecule has 0 radical (unpaired) electrons. The minimum absolute atomic E-state index is 1.88.